The van der Waals surface area contributed by atoms with Crippen LogP contribution in [0.3, 0.4) is 0 Å². The number of amides is 1. The molecule has 1 saturated heterocycles. The Morgan fingerprint density at radius 2 is 2.19 bits per heavy atom. The summed E-state index contributed by atoms with van der Waals surface area (Å²) in [6.45, 7) is 0. The number of aromatic nitrogens is 4. The summed E-state index contributed by atoms with van der Waals surface area (Å²) in [6.07, 6.45) is 8.25. The number of tetrazole rings is 1. The molecule has 2 aliphatic heterocycles. The van der Waals surface area contributed by atoms with Crippen LogP contribution >= 0.6 is 23.5 Å². The van der Waals surface area contributed by atoms with Gasteiger partial charge in [-0.15, -0.1) is 16.9 Å². The van der Waals surface area contributed by atoms with E-state index in [2.05, 4.69) is 15.5 Å². The molecule has 2 aliphatic carbocycles. The van der Waals surface area contributed by atoms with Crippen LogP contribution in [-0.2, 0) is 16.6 Å². The lowest BCUT2D eigenvalue weighted by atomic mass is 9.83. The van der Waals surface area contributed by atoms with Crippen LogP contribution in [0.25, 0.3) is 0 Å². The van der Waals surface area contributed by atoms with Crippen molar-refractivity contribution in [2.75, 3.05) is 0 Å². The predicted octanol–water partition coefficient (Wildman–Crippen LogP) is 1.89. The van der Waals surface area contributed by atoms with E-state index in [1.54, 1.807) is 28.2 Å². The zero-order valence-corrected chi connectivity index (χ0v) is 16.6. The van der Waals surface area contributed by atoms with Gasteiger partial charge >= 0.3 is 5.97 Å². The molecule has 0 aromatic carbocycles. The van der Waals surface area contributed by atoms with Gasteiger partial charge < -0.3 is 5.11 Å². The first-order valence-corrected chi connectivity index (χ1v) is 11.1. The number of fused-ring (bicyclic) bond motifs is 1. The molecule has 1 aromatic heterocycles. The number of rotatable bonds is 5. The average Bonchev–Trinajstić information content (AvgIpc) is 2.98. The van der Waals surface area contributed by atoms with Crippen LogP contribution in [0, 0.1) is 11.3 Å². The van der Waals surface area contributed by atoms with Gasteiger partial charge in [0.05, 0.1) is 11.8 Å². The molecular weight excluding hydrogens is 386 g/mol. The molecule has 0 radical (unpaired) electrons. The summed E-state index contributed by atoms with van der Waals surface area (Å²) in [7, 11) is 1.84. The van der Waals surface area contributed by atoms with Crippen molar-refractivity contribution in [1.82, 2.24) is 25.1 Å². The number of thioether (sulfide) groups is 2. The maximum atomic E-state index is 11.9. The Labute approximate surface area is 165 Å². The Balaban J connectivity index is 1.47. The first-order valence-electron chi connectivity index (χ1n) is 9.32. The van der Waals surface area contributed by atoms with Gasteiger partial charge in [0, 0.05) is 23.0 Å². The van der Waals surface area contributed by atoms with Crippen LogP contribution in [0.1, 0.15) is 38.5 Å². The highest BCUT2D eigenvalue weighted by Gasteiger charge is 2.65. The van der Waals surface area contributed by atoms with E-state index in [1.807, 2.05) is 13.1 Å². The van der Waals surface area contributed by atoms with Crippen LogP contribution in [0.4, 0.5) is 0 Å². The SMILES string of the molecule is Cn1nnnc1SC1CC1(C1CCCC1)C1C=C(C(=O)O)N2C(=O)C[C@@H]2S1. The van der Waals surface area contributed by atoms with Crippen molar-refractivity contribution >= 4 is 35.4 Å². The molecule has 1 N–H and O–H groups in total. The largest absolute Gasteiger partial charge is 0.477 e. The molecule has 1 amide bonds. The van der Waals surface area contributed by atoms with Gasteiger partial charge in [-0.25, -0.2) is 9.48 Å². The minimum Gasteiger partial charge on any atom is -0.477 e. The molecule has 3 unspecified atom stereocenters. The lowest BCUT2D eigenvalue weighted by Crippen LogP contribution is -2.55. The number of carboxylic acid groups (broad SMARTS) is 1. The van der Waals surface area contributed by atoms with E-state index in [9.17, 15) is 14.7 Å². The maximum Gasteiger partial charge on any atom is 0.352 e. The lowest BCUT2D eigenvalue weighted by molar-refractivity contribution is -0.146. The second-order valence-corrected chi connectivity index (χ2v) is 10.3. The molecule has 3 heterocycles. The smallest absolute Gasteiger partial charge is 0.352 e. The lowest BCUT2D eigenvalue weighted by Gasteiger charge is -2.47. The number of hydrogen-bond donors (Lipinski definition) is 1. The van der Waals surface area contributed by atoms with E-state index in [1.165, 1.54) is 30.6 Å². The highest BCUT2D eigenvalue weighted by molar-refractivity contribution is 8.01. The molecule has 5 rings (SSSR count). The number of aryl methyl sites for hydroxylation is 1. The zero-order chi connectivity index (χ0) is 18.8. The van der Waals surface area contributed by atoms with Crippen molar-refractivity contribution in [3.05, 3.63) is 11.8 Å². The maximum absolute atomic E-state index is 11.9. The van der Waals surface area contributed by atoms with Gasteiger partial charge in [0.2, 0.25) is 11.1 Å². The van der Waals surface area contributed by atoms with E-state index in [0.717, 1.165) is 11.6 Å². The van der Waals surface area contributed by atoms with Gasteiger partial charge in [-0.3, -0.25) is 9.69 Å². The molecule has 8 nitrogen and oxygen atoms in total. The Morgan fingerprint density at radius 3 is 2.81 bits per heavy atom. The molecule has 3 fully saturated rings. The third kappa shape index (κ3) is 2.63. The highest BCUT2D eigenvalue weighted by atomic mass is 32.2. The van der Waals surface area contributed by atoms with Crippen molar-refractivity contribution in [1.29, 1.82) is 0 Å². The number of carbonyl (C=O) groups excluding carboxylic acids is 1. The number of carbonyl (C=O) groups is 2. The predicted molar refractivity (Wildman–Crippen MR) is 99.8 cm³/mol. The number of aliphatic carboxylic acids is 1. The third-order valence-electron chi connectivity index (χ3n) is 6.45. The summed E-state index contributed by atoms with van der Waals surface area (Å²) in [5.74, 6) is -0.481. The van der Waals surface area contributed by atoms with E-state index in [-0.39, 0.29) is 27.6 Å². The standard InChI is InChI=1S/C17H21N5O3S2/c1-21-16(18-19-20-21)27-12-8-17(12,9-4-2-3-5-9)11-6-10(15(24)25)22-13(23)7-14(22)26-11/h6,9,11-12,14H,2-5,7-8H2,1H3,(H,24,25)/t11?,12?,14-,17?/m0/s1. The Bertz CT molecular complexity index is 836. The van der Waals surface area contributed by atoms with E-state index in [4.69, 9.17) is 0 Å². The first-order chi connectivity index (χ1) is 13.0. The van der Waals surface area contributed by atoms with Crippen LogP contribution < -0.4 is 0 Å². The van der Waals surface area contributed by atoms with Crippen LogP contribution in [0.15, 0.2) is 16.9 Å². The van der Waals surface area contributed by atoms with Crippen LogP contribution in [0.5, 0.6) is 0 Å². The number of nitrogens with zero attached hydrogens (tertiary/aromatic N) is 5. The van der Waals surface area contributed by atoms with Gasteiger partial charge in [0.25, 0.3) is 0 Å². The number of carboxylic acids is 1. The minimum absolute atomic E-state index is 0.0281. The van der Waals surface area contributed by atoms with Gasteiger partial charge in [0.15, 0.2) is 0 Å². The van der Waals surface area contributed by atoms with Crippen molar-refractivity contribution < 1.29 is 14.7 Å². The third-order valence-corrected chi connectivity index (χ3v) is 9.46. The highest BCUT2D eigenvalue weighted by Crippen LogP contribution is 2.69. The second-order valence-electron chi connectivity index (χ2n) is 7.83. The fourth-order valence-electron chi connectivity index (χ4n) is 4.96. The molecule has 0 bridgehead atoms. The Kier molecular flexibility index (Phi) is 4.05. The van der Waals surface area contributed by atoms with Crippen LogP contribution in [-0.4, -0.2) is 58.0 Å². The normalized spacial score (nSPS) is 35.6. The van der Waals surface area contributed by atoms with E-state index < -0.39 is 5.97 Å². The molecule has 4 atom stereocenters. The quantitative estimate of drug-likeness (QED) is 0.739. The van der Waals surface area contributed by atoms with Crippen molar-refractivity contribution in [3.63, 3.8) is 0 Å². The average molecular weight is 408 g/mol. The van der Waals surface area contributed by atoms with E-state index >= 15 is 0 Å². The number of hydrogen-bond acceptors (Lipinski definition) is 7. The van der Waals surface area contributed by atoms with Crippen molar-refractivity contribution in [2.24, 2.45) is 18.4 Å². The molecule has 2 saturated carbocycles. The molecule has 0 spiro atoms. The van der Waals surface area contributed by atoms with Crippen LogP contribution in [0.2, 0.25) is 0 Å². The summed E-state index contributed by atoms with van der Waals surface area (Å²) in [4.78, 5) is 25.1. The topological polar surface area (TPSA) is 101 Å². The van der Waals surface area contributed by atoms with Gasteiger partial charge in [-0.1, -0.05) is 24.6 Å². The summed E-state index contributed by atoms with van der Waals surface area (Å²) in [5, 5.41) is 22.7. The second kappa shape index (κ2) is 6.23. The molecule has 27 heavy (non-hydrogen) atoms. The number of β-lactam (4-membered cyclic amide) rings is 1. The Hall–Kier alpha value is -1.55. The first kappa shape index (κ1) is 17.5. The summed E-state index contributed by atoms with van der Waals surface area (Å²) < 4.78 is 1.70. The van der Waals surface area contributed by atoms with Gasteiger partial charge in [-0.2, -0.15) is 0 Å². The minimum atomic E-state index is -0.998. The summed E-state index contributed by atoms with van der Waals surface area (Å²) in [6, 6.07) is 0. The zero-order valence-electron chi connectivity index (χ0n) is 14.9. The van der Waals surface area contributed by atoms with Crippen molar-refractivity contribution in [3.8, 4) is 0 Å². The fraction of sp³-hybridized carbons (Fsp3) is 0.706. The summed E-state index contributed by atoms with van der Waals surface area (Å²) >= 11 is 3.49. The molecule has 144 valence electrons. The molecular formula is C17H21N5O3S2. The molecule has 1 aromatic rings. The van der Waals surface area contributed by atoms with Crippen molar-refractivity contribution in [2.45, 2.75) is 59.6 Å². The Morgan fingerprint density at radius 1 is 1.41 bits per heavy atom. The monoisotopic (exact) mass is 407 g/mol. The summed E-state index contributed by atoms with van der Waals surface area (Å²) in [5.41, 5.74) is 0.247. The fourth-order valence-corrected chi connectivity index (χ4v) is 8.35. The molecule has 4 aliphatic rings. The molecule has 10 heteroatoms. The van der Waals surface area contributed by atoms with Gasteiger partial charge in [0.1, 0.15) is 5.70 Å². The van der Waals surface area contributed by atoms with Gasteiger partial charge in [-0.05, 0) is 41.7 Å². The van der Waals surface area contributed by atoms with E-state index in [0.29, 0.717) is 17.6 Å².